The summed E-state index contributed by atoms with van der Waals surface area (Å²) in [7, 11) is 2.02. The number of rotatable bonds is 5. The summed E-state index contributed by atoms with van der Waals surface area (Å²) in [6, 6.07) is 0.687. The molecule has 0 bridgehead atoms. The van der Waals surface area contributed by atoms with Crippen LogP contribution in [0.5, 0.6) is 0 Å². The number of morpholine rings is 1. The Labute approximate surface area is 94.2 Å². The van der Waals surface area contributed by atoms with Gasteiger partial charge in [-0.05, 0) is 47.2 Å². The summed E-state index contributed by atoms with van der Waals surface area (Å²) in [5.74, 6) is 0. The maximum absolute atomic E-state index is 5.74. The van der Waals surface area contributed by atoms with Crippen molar-refractivity contribution in [1.29, 1.82) is 0 Å². The molecule has 1 unspecified atom stereocenters. The second-order valence-corrected chi connectivity index (χ2v) is 4.81. The van der Waals surface area contributed by atoms with Crippen LogP contribution in [-0.2, 0) is 4.74 Å². The van der Waals surface area contributed by atoms with E-state index in [1.807, 2.05) is 7.05 Å². The van der Waals surface area contributed by atoms with Crippen LogP contribution in [0.2, 0.25) is 0 Å². The van der Waals surface area contributed by atoms with Crippen LogP contribution >= 0.6 is 0 Å². The fourth-order valence-electron chi connectivity index (χ4n) is 2.33. The van der Waals surface area contributed by atoms with Crippen LogP contribution in [0.4, 0.5) is 0 Å². The zero-order valence-corrected chi connectivity index (χ0v) is 10.6. The van der Waals surface area contributed by atoms with Crippen molar-refractivity contribution in [1.82, 2.24) is 10.2 Å². The molecule has 3 atom stereocenters. The van der Waals surface area contributed by atoms with Gasteiger partial charge in [0.05, 0.1) is 12.2 Å². The maximum atomic E-state index is 5.74. The molecule has 1 saturated heterocycles. The number of nitrogens with one attached hydrogen (secondary N) is 1. The van der Waals surface area contributed by atoms with Crippen LogP contribution in [0.15, 0.2) is 0 Å². The molecule has 0 saturated carbocycles. The third-order valence-electron chi connectivity index (χ3n) is 3.12. The zero-order valence-electron chi connectivity index (χ0n) is 10.6. The first-order chi connectivity index (χ1) is 7.13. The number of nitrogens with zero attached hydrogens (tertiary/aromatic N) is 1. The molecule has 3 heteroatoms. The predicted molar refractivity (Wildman–Crippen MR) is 64.2 cm³/mol. The van der Waals surface area contributed by atoms with Gasteiger partial charge in [0.1, 0.15) is 0 Å². The van der Waals surface area contributed by atoms with Gasteiger partial charge in [0.25, 0.3) is 0 Å². The quantitative estimate of drug-likeness (QED) is 0.702. The molecule has 1 rings (SSSR count). The Bertz CT molecular complexity index is 165. The molecule has 0 amide bonds. The van der Waals surface area contributed by atoms with Crippen LogP contribution in [0, 0.1) is 0 Å². The Morgan fingerprint density at radius 3 is 2.47 bits per heavy atom. The Kier molecular flexibility index (Phi) is 5.58. The molecule has 0 radical (unpaired) electrons. The van der Waals surface area contributed by atoms with E-state index in [0.29, 0.717) is 18.2 Å². The molecule has 3 nitrogen and oxygen atoms in total. The van der Waals surface area contributed by atoms with Crippen molar-refractivity contribution in [3.8, 4) is 0 Å². The molecule has 1 aliphatic rings. The molecular weight excluding hydrogens is 188 g/mol. The first kappa shape index (κ1) is 12.9. The SMILES string of the molecule is CNCCCC(C)N1C[C@@H](C)O[C@@H](C)C1. The summed E-state index contributed by atoms with van der Waals surface area (Å²) in [6.45, 7) is 9.97. The third-order valence-corrected chi connectivity index (χ3v) is 3.12. The minimum Gasteiger partial charge on any atom is -0.373 e. The minimum atomic E-state index is 0.389. The Balaban J connectivity index is 2.28. The highest BCUT2D eigenvalue weighted by atomic mass is 16.5. The second-order valence-electron chi connectivity index (χ2n) is 4.81. The summed E-state index contributed by atoms with van der Waals surface area (Å²) in [4.78, 5) is 2.56. The monoisotopic (exact) mass is 214 g/mol. The fourth-order valence-corrected chi connectivity index (χ4v) is 2.33. The summed E-state index contributed by atoms with van der Waals surface area (Å²) in [5.41, 5.74) is 0. The first-order valence-electron chi connectivity index (χ1n) is 6.17. The van der Waals surface area contributed by atoms with E-state index in [1.165, 1.54) is 12.8 Å². The van der Waals surface area contributed by atoms with Gasteiger partial charge in [-0.3, -0.25) is 4.90 Å². The van der Waals surface area contributed by atoms with E-state index in [-0.39, 0.29) is 0 Å². The second kappa shape index (κ2) is 6.46. The van der Waals surface area contributed by atoms with Gasteiger partial charge in [0, 0.05) is 19.1 Å². The summed E-state index contributed by atoms with van der Waals surface area (Å²) in [5, 5.41) is 3.20. The van der Waals surface area contributed by atoms with E-state index in [4.69, 9.17) is 4.74 Å². The van der Waals surface area contributed by atoms with E-state index in [2.05, 4.69) is 31.0 Å². The highest BCUT2D eigenvalue weighted by Gasteiger charge is 2.25. The van der Waals surface area contributed by atoms with E-state index in [9.17, 15) is 0 Å². The van der Waals surface area contributed by atoms with Gasteiger partial charge >= 0.3 is 0 Å². The van der Waals surface area contributed by atoms with E-state index in [1.54, 1.807) is 0 Å². The van der Waals surface area contributed by atoms with Crippen LogP contribution in [0.3, 0.4) is 0 Å². The van der Waals surface area contributed by atoms with E-state index in [0.717, 1.165) is 19.6 Å². The van der Waals surface area contributed by atoms with E-state index >= 15 is 0 Å². The lowest BCUT2D eigenvalue weighted by atomic mass is 10.1. The standard InChI is InChI=1S/C12H26N2O/c1-10(6-5-7-13-4)14-8-11(2)15-12(3)9-14/h10-13H,5-9H2,1-4H3/t10?,11-,12+. The fraction of sp³-hybridized carbons (Fsp3) is 1.00. The molecule has 0 aromatic heterocycles. The van der Waals surface area contributed by atoms with Crippen molar-refractivity contribution in [3.63, 3.8) is 0 Å². The number of hydrogen-bond acceptors (Lipinski definition) is 3. The topological polar surface area (TPSA) is 24.5 Å². The molecule has 90 valence electrons. The average Bonchev–Trinajstić information content (AvgIpc) is 2.16. The lowest BCUT2D eigenvalue weighted by Crippen LogP contribution is -2.49. The van der Waals surface area contributed by atoms with Gasteiger partial charge in [-0.2, -0.15) is 0 Å². The Morgan fingerprint density at radius 1 is 1.33 bits per heavy atom. The van der Waals surface area contributed by atoms with Crippen molar-refractivity contribution in [3.05, 3.63) is 0 Å². The molecule has 0 aromatic carbocycles. The van der Waals surface area contributed by atoms with Crippen molar-refractivity contribution < 1.29 is 4.74 Å². The van der Waals surface area contributed by atoms with E-state index < -0.39 is 0 Å². The molecule has 15 heavy (non-hydrogen) atoms. The van der Waals surface area contributed by atoms with Crippen LogP contribution in [0.1, 0.15) is 33.6 Å². The Hall–Kier alpha value is -0.120. The molecule has 1 fully saturated rings. The third kappa shape index (κ3) is 4.49. The Morgan fingerprint density at radius 2 is 1.93 bits per heavy atom. The molecule has 0 aromatic rings. The van der Waals surface area contributed by atoms with Crippen LogP contribution in [0.25, 0.3) is 0 Å². The highest BCUT2D eigenvalue weighted by Crippen LogP contribution is 2.15. The largest absolute Gasteiger partial charge is 0.373 e. The summed E-state index contributed by atoms with van der Waals surface area (Å²) in [6.07, 6.45) is 3.32. The lowest BCUT2D eigenvalue weighted by Gasteiger charge is -2.39. The van der Waals surface area contributed by atoms with Gasteiger partial charge in [-0.1, -0.05) is 0 Å². The number of hydrogen-bond donors (Lipinski definition) is 1. The smallest absolute Gasteiger partial charge is 0.0678 e. The summed E-state index contributed by atoms with van der Waals surface area (Å²) >= 11 is 0. The average molecular weight is 214 g/mol. The zero-order chi connectivity index (χ0) is 11.3. The lowest BCUT2D eigenvalue weighted by molar-refractivity contribution is -0.0792. The summed E-state index contributed by atoms with van der Waals surface area (Å²) < 4.78 is 5.74. The first-order valence-corrected chi connectivity index (χ1v) is 6.17. The predicted octanol–water partition coefficient (Wildman–Crippen LogP) is 1.48. The van der Waals surface area contributed by atoms with Crippen molar-refractivity contribution in [2.24, 2.45) is 0 Å². The maximum Gasteiger partial charge on any atom is 0.0678 e. The molecule has 1 aliphatic heterocycles. The minimum absolute atomic E-state index is 0.389. The van der Waals surface area contributed by atoms with Gasteiger partial charge in [0.2, 0.25) is 0 Å². The van der Waals surface area contributed by atoms with Crippen molar-refractivity contribution in [2.75, 3.05) is 26.7 Å². The van der Waals surface area contributed by atoms with Crippen LogP contribution < -0.4 is 5.32 Å². The van der Waals surface area contributed by atoms with Gasteiger partial charge in [-0.25, -0.2) is 0 Å². The molecule has 1 heterocycles. The van der Waals surface area contributed by atoms with Gasteiger partial charge in [0.15, 0.2) is 0 Å². The van der Waals surface area contributed by atoms with Crippen molar-refractivity contribution in [2.45, 2.75) is 51.9 Å². The van der Waals surface area contributed by atoms with Crippen LogP contribution in [-0.4, -0.2) is 49.8 Å². The number of ether oxygens (including phenoxy) is 1. The van der Waals surface area contributed by atoms with Crippen molar-refractivity contribution >= 4 is 0 Å². The molecule has 1 N–H and O–H groups in total. The molecular formula is C12H26N2O. The molecule has 0 aliphatic carbocycles. The van der Waals surface area contributed by atoms with Gasteiger partial charge < -0.3 is 10.1 Å². The normalized spacial score (nSPS) is 30.4. The highest BCUT2D eigenvalue weighted by molar-refractivity contribution is 4.77. The van der Waals surface area contributed by atoms with Gasteiger partial charge in [-0.15, -0.1) is 0 Å². The molecule has 0 spiro atoms.